The molecule has 0 saturated heterocycles. The van der Waals surface area contributed by atoms with Gasteiger partial charge in [0.25, 0.3) is 0 Å². The van der Waals surface area contributed by atoms with Gasteiger partial charge in [-0.25, -0.2) is 0 Å². The lowest BCUT2D eigenvalue weighted by molar-refractivity contribution is 0.357. The monoisotopic (exact) mass is 239 g/mol. The van der Waals surface area contributed by atoms with Crippen molar-refractivity contribution in [2.45, 2.75) is 19.9 Å². The molecule has 2 heteroatoms. The van der Waals surface area contributed by atoms with Crippen LogP contribution in [0.1, 0.15) is 16.7 Å². The Labute approximate surface area is 108 Å². The summed E-state index contributed by atoms with van der Waals surface area (Å²) in [6, 6.07) is 14.8. The molecule has 0 aliphatic carbocycles. The highest BCUT2D eigenvalue weighted by Gasteiger charge is 2.11. The van der Waals surface area contributed by atoms with Gasteiger partial charge in [-0.05, 0) is 35.7 Å². The van der Waals surface area contributed by atoms with Crippen LogP contribution in [0.4, 0.5) is 5.69 Å². The number of anilines is 1. The second-order valence-electron chi connectivity index (χ2n) is 4.71. The van der Waals surface area contributed by atoms with Crippen molar-refractivity contribution in [3.63, 3.8) is 0 Å². The van der Waals surface area contributed by atoms with Crippen molar-refractivity contribution >= 4 is 5.69 Å². The molecule has 1 heterocycles. The Morgan fingerprint density at radius 1 is 1.17 bits per heavy atom. The molecule has 1 aliphatic rings. The van der Waals surface area contributed by atoms with Gasteiger partial charge in [0.2, 0.25) is 0 Å². The third-order valence-corrected chi connectivity index (χ3v) is 3.38. The van der Waals surface area contributed by atoms with E-state index in [0.29, 0.717) is 0 Å². The Morgan fingerprint density at radius 2 is 2.06 bits per heavy atom. The topological polar surface area (TPSA) is 21.3 Å². The Balaban J connectivity index is 1.72. The fourth-order valence-electron chi connectivity index (χ4n) is 2.32. The lowest BCUT2D eigenvalue weighted by Crippen LogP contribution is -2.01. The van der Waals surface area contributed by atoms with Crippen molar-refractivity contribution in [2.24, 2.45) is 0 Å². The van der Waals surface area contributed by atoms with Gasteiger partial charge in [0.1, 0.15) is 5.75 Å². The maximum atomic E-state index is 5.51. The summed E-state index contributed by atoms with van der Waals surface area (Å²) < 4.78 is 5.51. The Morgan fingerprint density at radius 3 is 2.94 bits per heavy atom. The second-order valence-corrected chi connectivity index (χ2v) is 4.71. The van der Waals surface area contributed by atoms with E-state index in [0.717, 1.165) is 25.3 Å². The highest BCUT2D eigenvalue weighted by molar-refractivity contribution is 5.51. The van der Waals surface area contributed by atoms with E-state index in [1.807, 2.05) is 0 Å². The van der Waals surface area contributed by atoms with E-state index < -0.39 is 0 Å². The van der Waals surface area contributed by atoms with Crippen LogP contribution in [0.2, 0.25) is 0 Å². The molecule has 2 aromatic rings. The minimum Gasteiger partial charge on any atom is -0.493 e. The molecule has 0 bridgehead atoms. The molecule has 0 fully saturated rings. The third kappa shape index (κ3) is 2.19. The van der Waals surface area contributed by atoms with Crippen molar-refractivity contribution < 1.29 is 4.74 Å². The molecule has 2 nitrogen and oxygen atoms in total. The summed E-state index contributed by atoms with van der Waals surface area (Å²) >= 11 is 0. The molecule has 0 saturated carbocycles. The van der Waals surface area contributed by atoms with Gasteiger partial charge in [0, 0.05) is 18.7 Å². The molecule has 2 aromatic carbocycles. The number of nitrogens with one attached hydrogen (secondary N) is 1. The van der Waals surface area contributed by atoms with Crippen LogP contribution in [0, 0.1) is 6.92 Å². The summed E-state index contributed by atoms with van der Waals surface area (Å²) in [4.78, 5) is 0. The predicted molar refractivity (Wildman–Crippen MR) is 74.1 cm³/mol. The smallest absolute Gasteiger partial charge is 0.122 e. The van der Waals surface area contributed by atoms with Crippen LogP contribution in [0.15, 0.2) is 42.5 Å². The molecule has 18 heavy (non-hydrogen) atoms. The summed E-state index contributed by atoms with van der Waals surface area (Å²) in [6.45, 7) is 3.81. The molecule has 0 spiro atoms. The van der Waals surface area contributed by atoms with Crippen LogP contribution in [0.5, 0.6) is 5.75 Å². The van der Waals surface area contributed by atoms with Crippen LogP contribution < -0.4 is 10.1 Å². The van der Waals surface area contributed by atoms with Gasteiger partial charge < -0.3 is 10.1 Å². The highest BCUT2D eigenvalue weighted by atomic mass is 16.5. The summed E-state index contributed by atoms with van der Waals surface area (Å²) in [6.07, 6.45) is 1.04. The van der Waals surface area contributed by atoms with Gasteiger partial charge >= 0.3 is 0 Å². The highest BCUT2D eigenvalue weighted by Crippen LogP contribution is 2.26. The van der Waals surface area contributed by atoms with Gasteiger partial charge in [-0.15, -0.1) is 0 Å². The molecular formula is C16H17NO. The molecule has 0 aromatic heterocycles. The average molecular weight is 239 g/mol. The first-order valence-corrected chi connectivity index (χ1v) is 6.37. The zero-order valence-electron chi connectivity index (χ0n) is 10.6. The molecule has 0 radical (unpaired) electrons. The van der Waals surface area contributed by atoms with Crippen molar-refractivity contribution in [1.29, 1.82) is 0 Å². The summed E-state index contributed by atoms with van der Waals surface area (Å²) in [5.41, 5.74) is 5.12. The molecule has 3 rings (SSSR count). The molecule has 0 atom stereocenters. The average Bonchev–Trinajstić information content (AvgIpc) is 2.85. The van der Waals surface area contributed by atoms with E-state index in [1.165, 1.54) is 22.4 Å². The molecule has 0 amide bonds. The lowest BCUT2D eigenvalue weighted by Gasteiger charge is -2.10. The predicted octanol–water partition coefficient (Wildman–Crippen LogP) is 3.54. The van der Waals surface area contributed by atoms with Crippen LogP contribution in [-0.2, 0) is 13.0 Å². The minimum absolute atomic E-state index is 0.823. The summed E-state index contributed by atoms with van der Waals surface area (Å²) in [5, 5.41) is 3.48. The van der Waals surface area contributed by atoms with Crippen molar-refractivity contribution in [3.8, 4) is 5.75 Å². The van der Waals surface area contributed by atoms with Crippen LogP contribution >= 0.6 is 0 Å². The summed E-state index contributed by atoms with van der Waals surface area (Å²) in [5.74, 6) is 1.05. The fraction of sp³-hybridized carbons (Fsp3) is 0.250. The van der Waals surface area contributed by atoms with E-state index >= 15 is 0 Å². The number of benzene rings is 2. The zero-order valence-corrected chi connectivity index (χ0v) is 10.6. The zero-order chi connectivity index (χ0) is 12.4. The van der Waals surface area contributed by atoms with Crippen molar-refractivity contribution in [3.05, 3.63) is 59.2 Å². The molecule has 92 valence electrons. The number of ether oxygens (including phenoxy) is 1. The fourth-order valence-corrected chi connectivity index (χ4v) is 2.32. The number of rotatable bonds is 3. The van der Waals surface area contributed by atoms with Gasteiger partial charge in [0.15, 0.2) is 0 Å². The Bertz CT molecular complexity index is 563. The quantitative estimate of drug-likeness (QED) is 0.884. The largest absolute Gasteiger partial charge is 0.493 e. The standard InChI is InChI=1S/C16H17NO/c1-12-4-2-3-5-15(12)17-11-13-6-7-16-14(10-13)8-9-18-16/h2-7,10,17H,8-9,11H2,1H3. The Hall–Kier alpha value is -1.96. The molecule has 0 unspecified atom stereocenters. The van der Waals surface area contributed by atoms with Crippen LogP contribution in [0.25, 0.3) is 0 Å². The summed E-state index contributed by atoms with van der Waals surface area (Å²) in [7, 11) is 0. The van der Waals surface area contributed by atoms with E-state index in [4.69, 9.17) is 4.74 Å². The number of hydrogen-bond acceptors (Lipinski definition) is 2. The van der Waals surface area contributed by atoms with Gasteiger partial charge in [-0.3, -0.25) is 0 Å². The lowest BCUT2D eigenvalue weighted by atomic mass is 10.1. The Kier molecular flexibility index (Phi) is 2.93. The third-order valence-electron chi connectivity index (χ3n) is 3.38. The number of para-hydroxylation sites is 1. The SMILES string of the molecule is Cc1ccccc1NCc1ccc2c(c1)CCO2. The number of hydrogen-bond donors (Lipinski definition) is 1. The second kappa shape index (κ2) is 4.73. The van der Waals surface area contributed by atoms with Crippen molar-refractivity contribution in [1.82, 2.24) is 0 Å². The first-order valence-electron chi connectivity index (χ1n) is 6.37. The molecular weight excluding hydrogens is 222 g/mol. The van der Waals surface area contributed by atoms with Crippen LogP contribution in [0.3, 0.4) is 0 Å². The minimum atomic E-state index is 0.823. The van der Waals surface area contributed by atoms with E-state index in [-0.39, 0.29) is 0 Å². The number of fused-ring (bicyclic) bond motifs is 1. The first kappa shape index (κ1) is 11.1. The van der Waals surface area contributed by atoms with E-state index in [9.17, 15) is 0 Å². The number of aryl methyl sites for hydroxylation is 1. The van der Waals surface area contributed by atoms with Gasteiger partial charge in [0.05, 0.1) is 6.61 Å². The molecule has 1 N–H and O–H groups in total. The van der Waals surface area contributed by atoms with Gasteiger partial charge in [-0.2, -0.15) is 0 Å². The maximum absolute atomic E-state index is 5.51. The van der Waals surface area contributed by atoms with E-state index in [1.54, 1.807) is 0 Å². The molecule has 1 aliphatic heterocycles. The van der Waals surface area contributed by atoms with Gasteiger partial charge in [-0.1, -0.05) is 30.3 Å². The van der Waals surface area contributed by atoms with E-state index in [2.05, 4.69) is 54.7 Å². The maximum Gasteiger partial charge on any atom is 0.122 e. The normalized spacial score (nSPS) is 12.9. The van der Waals surface area contributed by atoms with Crippen LogP contribution in [-0.4, -0.2) is 6.61 Å². The first-order chi connectivity index (χ1) is 8.83. The van der Waals surface area contributed by atoms with Crippen molar-refractivity contribution in [2.75, 3.05) is 11.9 Å².